The van der Waals surface area contributed by atoms with Crippen molar-refractivity contribution in [1.82, 2.24) is 9.62 Å². The van der Waals surface area contributed by atoms with Crippen molar-refractivity contribution in [3.8, 4) is 6.07 Å². The van der Waals surface area contributed by atoms with Crippen molar-refractivity contribution in [2.45, 2.75) is 56.3 Å². The van der Waals surface area contributed by atoms with Gasteiger partial charge in [0.15, 0.2) is 0 Å². The largest absolute Gasteiger partial charge is 0.444 e. The van der Waals surface area contributed by atoms with Gasteiger partial charge in [-0.05, 0) is 57.7 Å². The monoisotopic (exact) mass is 401 g/mol. The van der Waals surface area contributed by atoms with Crippen LogP contribution in [0.3, 0.4) is 0 Å². The third-order valence-corrected chi connectivity index (χ3v) is 4.99. The maximum absolute atomic E-state index is 13.3. The van der Waals surface area contributed by atoms with E-state index in [1.165, 1.54) is 18.2 Å². The molecule has 0 saturated carbocycles. The van der Waals surface area contributed by atoms with E-state index in [4.69, 9.17) is 10.00 Å². The van der Waals surface area contributed by atoms with E-state index >= 15 is 0 Å². The second-order valence-corrected chi connectivity index (χ2v) is 8.37. The van der Waals surface area contributed by atoms with E-state index in [1.54, 1.807) is 26.8 Å². The van der Waals surface area contributed by atoms with Gasteiger partial charge in [-0.2, -0.15) is 18.4 Å². The van der Waals surface area contributed by atoms with Crippen LogP contribution in [0.4, 0.5) is 18.0 Å². The van der Waals surface area contributed by atoms with Gasteiger partial charge in [-0.1, -0.05) is 6.07 Å². The minimum atomic E-state index is -4.59. The number of nitrogens with zero attached hydrogens (tertiary/aromatic N) is 2. The molecule has 0 atom stereocenters. The van der Waals surface area contributed by atoms with E-state index in [9.17, 15) is 18.0 Å². The molecule has 1 saturated heterocycles. The summed E-state index contributed by atoms with van der Waals surface area (Å²) in [5, 5.41) is 11.8. The number of carbonyl (C=O) groups is 1. The minimum Gasteiger partial charge on any atom is -0.444 e. The van der Waals surface area contributed by atoms with Crippen LogP contribution in [0.2, 0.25) is 0 Å². The molecule has 0 radical (unpaired) electrons. The normalized spacial score (nSPS) is 16.6. The summed E-state index contributed by atoms with van der Waals surface area (Å²) in [6.07, 6.45) is -3.88. The molecule has 0 aliphatic carbocycles. The van der Waals surface area contributed by atoms with Crippen LogP contribution in [0, 0.1) is 11.3 Å². The number of ether oxygens (including phenoxy) is 1. The van der Waals surface area contributed by atoms with Crippen molar-refractivity contribution in [2.75, 3.05) is 13.1 Å². The van der Waals surface area contributed by atoms with Crippen LogP contribution in [0.1, 0.15) is 44.7 Å². The van der Waals surface area contributed by atoms with Crippen molar-refractivity contribution in [3.05, 3.63) is 29.3 Å². The van der Waals surface area contributed by atoms with Gasteiger partial charge < -0.3 is 10.1 Å². The standard InChI is InChI=1S/C18H22F3N3O2S/c1-17(2,3)26-16(25)23-13-7-9-24(10-8-13)27-14-6-4-5-12(11-22)15(14)18(19,20)21/h4-6,13H,7-10H2,1-3H3,(H,23,25). The van der Waals surface area contributed by atoms with E-state index < -0.39 is 23.4 Å². The Morgan fingerprint density at radius 1 is 1.30 bits per heavy atom. The average molecular weight is 401 g/mol. The number of amides is 1. The third kappa shape index (κ3) is 6.33. The Bertz CT molecular complexity index is 718. The van der Waals surface area contributed by atoms with Crippen molar-refractivity contribution < 1.29 is 22.7 Å². The molecule has 148 valence electrons. The zero-order valence-corrected chi connectivity index (χ0v) is 16.2. The first kappa shape index (κ1) is 21.4. The zero-order chi connectivity index (χ0) is 20.2. The predicted molar refractivity (Wildman–Crippen MR) is 96.0 cm³/mol. The number of nitrogens with one attached hydrogen (secondary N) is 1. The van der Waals surface area contributed by atoms with E-state index in [0.717, 1.165) is 11.9 Å². The molecular weight excluding hydrogens is 379 g/mol. The van der Waals surface area contributed by atoms with Crippen molar-refractivity contribution in [1.29, 1.82) is 5.26 Å². The Morgan fingerprint density at radius 2 is 1.93 bits per heavy atom. The Labute approximate surface area is 161 Å². The lowest BCUT2D eigenvalue weighted by atomic mass is 10.1. The van der Waals surface area contributed by atoms with Gasteiger partial charge in [-0.15, -0.1) is 0 Å². The molecule has 1 aliphatic rings. The number of alkyl halides is 3. The van der Waals surface area contributed by atoms with E-state index in [2.05, 4.69) is 5.32 Å². The number of hydrogen-bond donors (Lipinski definition) is 1. The quantitative estimate of drug-likeness (QED) is 0.752. The lowest BCUT2D eigenvalue weighted by Gasteiger charge is -2.32. The summed E-state index contributed by atoms with van der Waals surface area (Å²) >= 11 is 0.997. The van der Waals surface area contributed by atoms with Gasteiger partial charge >= 0.3 is 12.3 Å². The summed E-state index contributed by atoms with van der Waals surface area (Å²) in [6, 6.07) is 5.53. The Kier molecular flexibility index (Phi) is 6.65. The highest BCUT2D eigenvalue weighted by Crippen LogP contribution is 2.40. The Balaban J connectivity index is 1.97. The van der Waals surface area contributed by atoms with Crippen LogP contribution in [0.25, 0.3) is 0 Å². The van der Waals surface area contributed by atoms with Gasteiger partial charge in [0, 0.05) is 24.0 Å². The smallest absolute Gasteiger partial charge is 0.418 e. The fraction of sp³-hybridized carbons (Fsp3) is 0.556. The van der Waals surface area contributed by atoms with Gasteiger partial charge in [0.2, 0.25) is 0 Å². The molecule has 1 fully saturated rings. The van der Waals surface area contributed by atoms with Crippen LogP contribution in [0.5, 0.6) is 0 Å². The molecule has 27 heavy (non-hydrogen) atoms. The Morgan fingerprint density at radius 3 is 2.44 bits per heavy atom. The van der Waals surface area contributed by atoms with Crippen molar-refractivity contribution in [2.24, 2.45) is 0 Å². The lowest BCUT2D eigenvalue weighted by Crippen LogP contribution is -2.44. The van der Waals surface area contributed by atoms with Crippen LogP contribution in [-0.4, -0.2) is 35.1 Å². The lowest BCUT2D eigenvalue weighted by molar-refractivity contribution is -0.140. The average Bonchev–Trinajstić information content (AvgIpc) is 2.53. The van der Waals surface area contributed by atoms with Crippen LogP contribution >= 0.6 is 11.9 Å². The summed E-state index contributed by atoms with van der Waals surface area (Å²) in [5.41, 5.74) is -1.86. The van der Waals surface area contributed by atoms with E-state index in [1.807, 2.05) is 4.31 Å². The first-order valence-electron chi connectivity index (χ1n) is 8.52. The molecule has 1 heterocycles. The Hall–Kier alpha value is -1.92. The second kappa shape index (κ2) is 8.40. The number of nitriles is 1. The number of benzene rings is 1. The predicted octanol–water partition coefficient (Wildman–Crippen LogP) is 4.57. The summed E-state index contributed by atoms with van der Waals surface area (Å²) in [7, 11) is 0. The molecule has 1 N–H and O–H groups in total. The van der Waals surface area contributed by atoms with E-state index in [-0.39, 0.29) is 16.5 Å². The maximum Gasteiger partial charge on any atom is 0.418 e. The highest BCUT2D eigenvalue weighted by molar-refractivity contribution is 7.97. The van der Waals surface area contributed by atoms with Gasteiger partial charge in [-0.3, -0.25) is 0 Å². The molecule has 5 nitrogen and oxygen atoms in total. The molecule has 9 heteroatoms. The molecule has 1 amide bonds. The first-order chi connectivity index (χ1) is 12.5. The molecule has 1 aromatic carbocycles. The zero-order valence-electron chi connectivity index (χ0n) is 15.4. The molecule has 0 spiro atoms. The fourth-order valence-corrected chi connectivity index (χ4v) is 3.83. The number of halogens is 3. The minimum absolute atomic E-state index is 0.0140. The summed E-state index contributed by atoms with van der Waals surface area (Å²) in [4.78, 5) is 11.8. The topological polar surface area (TPSA) is 65.4 Å². The number of alkyl carbamates (subject to hydrolysis) is 1. The number of rotatable bonds is 3. The number of hydrogen-bond acceptors (Lipinski definition) is 5. The molecule has 2 rings (SSSR count). The molecule has 0 aromatic heterocycles. The van der Waals surface area contributed by atoms with Crippen molar-refractivity contribution >= 4 is 18.0 Å². The molecule has 0 unspecified atom stereocenters. The van der Waals surface area contributed by atoms with Crippen LogP contribution in [0.15, 0.2) is 23.1 Å². The van der Waals surface area contributed by atoms with Gasteiger partial charge in [0.05, 0.1) is 17.2 Å². The van der Waals surface area contributed by atoms with E-state index in [0.29, 0.717) is 25.9 Å². The fourth-order valence-electron chi connectivity index (χ4n) is 2.70. The second-order valence-electron chi connectivity index (χ2n) is 7.23. The molecular formula is C18H22F3N3O2S. The van der Waals surface area contributed by atoms with Gasteiger partial charge in [0.25, 0.3) is 0 Å². The van der Waals surface area contributed by atoms with Gasteiger partial charge in [-0.25, -0.2) is 9.10 Å². The first-order valence-corrected chi connectivity index (χ1v) is 9.29. The highest BCUT2D eigenvalue weighted by Gasteiger charge is 2.37. The molecule has 1 aliphatic heterocycles. The third-order valence-electron chi connectivity index (χ3n) is 3.83. The summed E-state index contributed by atoms with van der Waals surface area (Å²) < 4.78 is 47.1. The van der Waals surface area contributed by atoms with Gasteiger partial charge in [0.1, 0.15) is 5.60 Å². The summed E-state index contributed by atoms with van der Waals surface area (Å²) in [6.45, 7) is 6.36. The molecule has 0 bridgehead atoms. The molecule has 1 aromatic rings. The van der Waals surface area contributed by atoms with Crippen molar-refractivity contribution in [3.63, 3.8) is 0 Å². The summed E-state index contributed by atoms with van der Waals surface area (Å²) in [5.74, 6) is 0. The number of piperidine rings is 1. The number of carbonyl (C=O) groups excluding carboxylic acids is 1. The van der Waals surface area contributed by atoms with Crippen LogP contribution < -0.4 is 5.32 Å². The SMILES string of the molecule is CC(C)(C)OC(=O)NC1CCN(Sc2cccc(C#N)c2C(F)(F)F)CC1. The van der Waals surface area contributed by atoms with Crippen LogP contribution in [-0.2, 0) is 10.9 Å². The highest BCUT2D eigenvalue weighted by atomic mass is 32.2. The maximum atomic E-state index is 13.3.